The van der Waals surface area contributed by atoms with Crippen LogP contribution in [0.25, 0.3) is 0 Å². The molecule has 0 aliphatic carbocycles. The van der Waals surface area contributed by atoms with Gasteiger partial charge in [-0.1, -0.05) is 65.4 Å². The standard InChI is InChI=1S/C28H25ClN4O2S2/c29-21-12-14-22(15-13-21)33-18-20(17-25(33)34)27-31-32-28(37-27)30-26(35)23-10-4-5-11-24(23)36-16-6-9-19-7-2-1-3-8-19/h1-5,7-8,10-15,20H,6,9,16-18H2,(H,30,32,35). The van der Waals surface area contributed by atoms with E-state index >= 15 is 0 Å². The van der Waals surface area contributed by atoms with Crippen LogP contribution in [0.5, 0.6) is 0 Å². The minimum atomic E-state index is -0.209. The van der Waals surface area contributed by atoms with E-state index in [0.29, 0.717) is 28.7 Å². The number of hydrogen-bond acceptors (Lipinski definition) is 6. The van der Waals surface area contributed by atoms with Gasteiger partial charge < -0.3 is 4.90 Å². The molecule has 0 spiro atoms. The van der Waals surface area contributed by atoms with Crippen LogP contribution in [0.3, 0.4) is 0 Å². The average molecular weight is 549 g/mol. The molecular formula is C28H25ClN4O2S2. The quantitative estimate of drug-likeness (QED) is 0.186. The molecule has 1 unspecified atom stereocenters. The number of carbonyl (C=O) groups is 2. The molecule has 1 aromatic heterocycles. The number of nitrogens with zero attached hydrogens (tertiary/aromatic N) is 3. The second-order valence-corrected chi connectivity index (χ2v) is 11.3. The molecule has 2 heterocycles. The normalized spacial score (nSPS) is 15.2. The van der Waals surface area contributed by atoms with Crippen molar-refractivity contribution < 1.29 is 9.59 Å². The van der Waals surface area contributed by atoms with Crippen molar-refractivity contribution in [1.82, 2.24) is 10.2 Å². The molecule has 2 amide bonds. The number of nitrogens with one attached hydrogen (secondary N) is 1. The van der Waals surface area contributed by atoms with Crippen LogP contribution < -0.4 is 10.2 Å². The van der Waals surface area contributed by atoms with Gasteiger partial charge in [0.2, 0.25) is 11.0 Å². The first-order valence-corrected chi connectivity index (χ1v) is 14.2. The van der Waals surface area contributed by atoms with Crippen molar-refractivity contribution in [1.29, 1.82) is 0 Å². The van der Waals surface area contributed by atoms with E-state index in [4.69, 9.17) is 11.6 Å². The lowest BCUT2D eigenvalue weighted by atomic mass is 10.1. The summed E-state index contributed by atoms with van der Waals surface area (Å²) >= 11 is 8.98. The van der Waals surface area contributed by atoms with E-state index in [-0.39, 0.29) is 17.7 Å². The van der Waals surface area contributed by atoms with Crippen LogP contribution >= 0.6 is 34.7 Å². The van der Waals surface area contributed by atoms with E-state index in [1.165, 1.54) is 16.9 Å². The minimum Gasteiger partial charge on any atom is -0.312 e. The Morgan fingerprint density at radius 3 is 2.59 bits per heavy atom. The van der Waals surface area contributed by atoms with Gasteiger partial charge >= 0.3 is 0 Å². The molecule has 1 N–H and O–H groups in total. The average Bonchev–Trinajstić information content (AvgIpc) is 3.54. The summed E-state index contributed by atoms with van der Waals surface area (Å²) in [6.07, 6.45) is 2.39. The molecule has 1 atom stereocenters. The molecule has 4 aromatic rings. The third-order valence-electron chi connectivity index (χ3n) is 6.12. The summed E-state index contributed by atoms with van der Waals surface area (Å²) in [6, 6.07) is 25.3. The van der Waals surface area contributed by atoms with Crippen LogP contribution in [-0.2, 0) is 11.2 Å². The van der Waals surface area contributed by atoms with Gasteiger partial charge in [0, 0.05) is 34.5 Å². The van der Waals surface area contributed by atoms with Crippen LogP contribution in [0.15, 0.2) is 83.8 Å². The zero-order valence-corrected chi connectivity index (χ0v) is 22.4. The summed E-state index contributed by atoms with van der Waals surface area (Å²) < 4.78 is 0. The minimum absolute atomic E-state index is 0.0336. The lowest BCUT2D eigenvalue weighted by Gasteiger charge is -2.16. The summed E-state index contributed by atoms with van der Waals surface area (Å²) in [4.78, 5) is 28.4. The molecule has 0 radical (unpaired) electrons. The summed E-state index contributed by atoms with van der Waals surface area (Å²) in [7, 11) is 0. The van der Waals surface area contributed by atoms with Crippen LogP contribution in [0, 0.1) is 0 Å². The predicted molar refractivity (Wildman–Crippen MR) is 151 cm³/mol. The number of rotatable bonds is 9. The lowest BCUT2D eigenvalue weighted by Crippen LogP contribution is -2.24. The highest BCUT2D eigenvalue weighted by atomic mass is 35.5. The van der Waals surface area contributed by atoms with Crippen LogP contribution in [0.2, 0.25) is 5.02 Å². The molecule has 0 bridgehead atoms. The van der Waals surface area contributed by atoms with E-state index < -0.39 is 0 Å². The van der Waals surface area contributed by atoms with Crippen molar-refractivity contribution in [3.8, 4) is 0 Å². The number of benzene rings is 3. The Kier molecular flexibility index (Phi) is 8.18. The van der Waals surface area contributed by atoms with Gasteiger partial charge in [-0.05, 0) is 60.6 Å². The lowest BCUT2D eigenvalue weighted by molar-refractivity contribution is -0.117. The molecule has 1 aliphatic heterocycles. The van der Waals surface area contributed by atoms with Crippen LogP contribution in [0.1, 0.15) is 39.7 Å². The van der Waals surface area contributed by atoms with E-state index in [9.17, 15) is 9.59 Å². The SMILES string of the molecule is O=C(Nc1nnc(C2CC(=O)N(c3ccc(Cl)cc3)C2)s1)c1ccccc1SCCCc1ccccc1. The molecular weight excluding hydrogens is 524 g/mol. The number of aryl methyl sites for hydroxylation is 1. The largest absolute Gasteiger partial charge is 0.312 e. The Labute approximate surface area is 229 Å². The maximum absolute atomic E-state index is 13.1. The van der Waals surface area contributed by atoms with Gasteiger partial charge in [0.25, 0.3) is 5.91 Å². The molecule has 9 heteroatoms. The molecule has 1 saturated heterocycles. The molecule has 3 aromatic carbocycles. The van der Waals surface area contributed by atoms with Crippen LogP contribution in [0.4, 0.5) is 10.8 Å². The van der Waals surface area contributed by atoms with Crippen molar-refractivity contribution in [2.45, 2.75) is 30.1 Å². The predicted octanol–water partition coefficient (Wildman–Crippen LogP) is 6.69. The number of thioether (sulfide) groups is 1. The van der Waals surface area contributed by atoms with Gasteiger partial charge in [-0.3, -0.25) is 14.9 Å². The first-order valence-electron chi connectivity index (χ1n) is 12.0. The van der Waals surface area contributed by atoms with Gasteiger partial charge in [-0.2, -0.15) is 0 Å². The van der Waals surface area contributed by atoms with Gasteiger partial charge in [-0.15, -0.1) is 22.0 Å². The Bertz CT molecular complexity index is 1380. The summed E-state index contributed by atoms with van der Waals surface area (Å²) in [5.74, 6) is 0.673. The molecule has 0 saturated carbocycles. The maximum Gasteiger partial charge on any atom is 0.258 e. The van der Waals surface area contributed by atoms with Crippen molar-refractivity contribution >= 4 is 57.3 Å². The number of carbonyl (C=O) groups excluding carboxylic acids is 2. The zero-order chi connectivity index (χ0) is 25.6. The van der Waals surface area contributed by atoms with Crippen molar-refractivity contribution in [3.05, 3.63) is 100 Å². The van der Waals surface area contributed by atoms with Crippen molar-refractivity contribution in [3.63, 3.8) is 0 Å². The van der Waals surface area contributed by atoms with Gasteiger partial charge in [0.15, 0.2) is 0 Å². The summed E-state index contributed by atoms with van der Waals surface area (Å²) in [5, 5.41) is 13.2. The molecule has 5 rings (SSSR count). The monoisotopic (exact) mass is 548 g/mol. The second kappa shape index (κ2) is 11.9. The Hall–Kier alpha value is -3.20. The second-order valence-electron chi connectivity index (χ2n) is 8.72. The van der Waals surface area contributed by atoms with E-state index in [2.05, 4.69) is 39.8 Å². The first kappa shape index (κ1) is 25.4. The number of halogens is 1. The number of amides is 2. The highest BCUT2D eigenvalue weighted by Gasteiger charge is 2.34. The molecule has 1 fully saturated rings. The maximum atomic E-state index is 13.1. The number of anilines is 2. The third-order valence-corrected chi connectivity index (χ3v) is 8.53. The topological polar surface area (TPSA) is 75.2 Å². The molecule has 188 valence electrons. The fraction of sp³-hybridized carbons (Fsp3) is 0.214. The smallest absolute Gasteiger partial charge is 0.258 e. The fourth-order valence-corrected chi connectivity index (χ4v) is 6.20. The molecule has 37 heavy (non-hydrogen) atoms. The zero-order valence-electron chi connectivity index (χ0n) is 20.0. The van der Waals surface area contributed by atoms with E-state index in [1.54, 1.807) is 28.8 Å². The number of hydrogen-bond donors (Lipinski definition) is 1. The van der Waals surface area contributed by atoms with E-state index in [1.807, 2.05) is 42.5 Å². The number of aromatic nitrogens is 2. The summed E-state index contributed by atoms with van der Waals surface area (Å²) in [5.41, 5.74) is 2.75. The van der Waals surface area contributed by atoms with Crippen molar-refractivity contribution in [2.75, 3.05) is 22.5 Å². The highest BCUT2D eigenvalue weighted by Crippen LogP contribution is 2.35. The van der Waals surface area contributed by atoms with Gasteiger partial charge in [0.1, 0.15) is 5.01 Å². The summed E-state index contributed by atoms with van der Waals surface area (Å²) in [6.45, 7) is 0.519. The fourth-order valence-electron chi connectivity index (χ4n) is 4.24. The highest BCUT2D eigenvalue weighted by molar-refractivity contribution is 7.99. The first-order chi connectivity index (χ1) is 18.1. The van der Waals surface area contributed by atoms with Crippen molar-refractivity contribution in [2.24, 2.45) is 0 Å². The van der Waals surface area contributed by atoms with Crippen LogP contribution in [-0.4, -0.2) is 34.3 Å². The van der Waals surface area contributed by atoms with Gasteiger partial charge in [-0.25, -0.2) is 0 Å². The van der Waals surface area contributed by atoms with E-state index in [0.717, 1.165) is 34.2 Å². The Balaban J connectivity index is 1.18. The molecule has 6 nitrogen and oxygen atoms in total. The Morgan fingerprint density at radius 2 is 1.78 bits per heavy atom. The molecule has 1 aliphatic rings. The Morgan fingerprint density at radius 1 is 1.03 bits per heavy atom. The van der Waals surface area contributed by atoms with Gasteiger partial charge in [0.05, 0.1) is 5.56 Å². The third kappa shape index (κ3) is 6.39.